The summed E-state index contributed by atoms with van der Waals surface area (Å²) < 4.78 is 5.72. The van der Waals surface area contributed by atoms with Crippen LogP contribution in [-0.2, 0) is 4.79 Å². The molecule has 2 aromatic heterocycles. The van der Waals surface area contributed by atoms with E-state index in [0.29, 0.717) is 11.1 Å². The Labute approximate surface area is 162 Å². The molecule has 0 radical (unpaired) electrons. The third kappa shape index (κ3) is 4.95. The number of thioether (sulfide) groups is 1. The third-order valence-corrected chi connectivity index (χ3v) is 5.46. The minimum atomic E-state index is -0.332. The molecule has 7 heteroatoms. The Morgan fingerprint density at radius 3 is 2.41 bits per heavy atom. The van der Waals surface area contributed by atoms with Gasteiger partial charge in [0.15, 0.2) is 0 Å². The minimum Gasteiger partial charge on any atom is -0.411 e. The van der Waals surface area contributed by atoms with Gasteiger partial charge in [-0.25, -0.2) is 0 Å². The number of carbonyl (C=O) groups is 1. The summed E-state index contributed by atoms with van der Waals surface area (Å²) in [7, 11) is 0. The largest absolute Gasteiger partial charge is 0.411 e. The zero-order chi connectivity index (χ0) is 19.2. The van der Waals surface area contributed by atoms with E-state index in [2.05, 4.69) is 20.5 Å². The molecule has 3 aromatic rings. The van der Waals surface area contributed by atoms with Crippen LogP contribution < -0.4 is 5.32 Å². The van der Waals surface area contributed by atoms with Crippen LogP contribution in [0.15, 0.2) is 64.5 Å². The van der Waals surface area contributed by atoms with Gasteiger partial charge in [0.1, 0.15) is 0 Å². The summed E-state index contributed by atoms with van der Waals surface area (Å²) in [4.78, 5) is 16.8. The standard InChI is InChI=1S/C20H22N4O2S/c1-13(2)17(18(25)22-14(3)15-7-5-4-6-8-15)27-20-24-23-19(26-20)16-9-11-21-12-10-16/h4-14,17H,1-3H3,(H,22,25). The lowest BCUT2D eigenvalue weighted by atomic mass is 10.1. The smallest absolute Gasteiger partial charge is 0.277 e. The summed E-state index contributed by atoms with van der Waals surface area (Å²) in [5.74, 6) is 0.477. The van der Waals surface area contributed by atoms with Crippen LogP contribution in [0.5, 0.6) is 0 Å². The molecule has 1 N–H and O–H groups in total. The molecule has 0 aliphatic heterocycles. The first-order valence-electron chi connectivity index (χ1n) is 8.80. The van der Waals surface area contributed by atoms with Crippen LogP contribution in [0.2, 0.25) is 0 Å². The van der Waals surface area contributed by atoms with Crippen LogP contribution in [0.3, 0.4) is 0 Å². The van der Waals surface area contributed by atoms with Crippen molar-refractivity contribution in [2.75, 3.05) is 0 Å². The molecule has 27 heavy (non-hydrogen) atoms. The second kappa shape index (κ2) is 8.81. The first kappa shape index (κ1) is 19.1. The lowest BCUT2D eigenvalue weighted by molar-refractivity contribution is -0.121. The van der Waals surface area contributed by atoms with Crippen molar-refractivity contribution in [2.45, 2.75) is 37.3 Å². The molecule has 0 fully saturated rings. The fourth-order valence-corrected chi connectivity index (χ4v) is 3.47. The van der Waals surface area contributed by atoms with Gasteiger partial charge < -0.3 is 9.73 Å². The fraction of sp³-hybridized carbons (Fsp3) is 0.300. The van der Waals surface area contributed by atoms with Gasteiger partial charge in [-0.2, -0.15) is 0 Å². The number of aromatic nitrogens is 3. The van der Waals surface area contributed by atoms with E-state index in [1.54, 1.807) is 24.5 Å². The highest BCUT2D eigenvalue weighted by Gasteiger charge is 2.27. The minimum absolute atomic E-state index is 0.0463. The summed E-state index contributed by atoms with van der Waals surface area (Å²) in [5.41, 5.74) is 1.86. The lowest BCUT2D eigenvalue weighted by Gasteiger charge is -2.21. The molecule has 6 nitrogen and oxygen atoms in total. The molecule has 0 bridgehead atoms. The Balaban J connectivity index is 1.69. The van der Waals surface area contributed by atoms with E-state index >= 15 is 0 Å². The van der Waals surface area contributed by atoms with E-state index in [-0.39, 0.29) is 23.1 Å². The number of carbonyl (C=O) groups excluding carboxylic acids is 1. The van der Waals surface area contributed by atoms with Gasteiger partial charge in [-0.15, -0.1) is 10.2 Å². The van der Waals surface area contributed by atoms with Crippen molar-refractivity contribution < 1.29 is 9.21 Å². The van der Waals surface area contributed by atoms with Gasteiger partial charge in [0.05, 0.1) is 11.3 Å². The van der Waals surface area contributed by atoms with Crippen LogP contribution in [0, 0.1) is 5.92 Å². The molecule has 0 saturated carbocycles. The molecule has 0 spiro atoms. The molecule has 2 atom stereocenters. The second-order valence-electron chi connectivity index (χ2n) is 6.53. The molecule has 2 heterocycles. The van der Waals surface area contributed by atoms with Gasteiger partial charge >= 0.3 is 0 Å². The summed E-state index contributed by atoms with van der Waals surface area (Å²) in [6, 6.07) is 13.4. The van der Waals surface area contributed by atoms with Crippen molar-refractivity contribution in [3.05, 3.63) is 60.4 Å². The first-order valence-corrected chi connectivity index (χ1v) is 9.68. The van der Waals surface area contributed by atoms with Crippen molar-refractivity contribution in [3.8, 4) is 11.5 Å². The van der Waals surface area contributed by atoms with Crippen molar-refractivity contribution in [2.24, 2.45) is 5.92 Å². The van der Waals surface area contributed by atoms with Gasteiger partial charge in [-0.05, 0) is 30.5 Å². The SMILES string of the molecule is CC(NC(=O)C(Sc1nnc(-c2ccncc2)o1)C(C)C)c1ccccc1. The van der Waals surface area contributed by atoms with E-state index in [1.165, 1.54) is 11.8 Å². The Morgan fingerprint density at radius 1 is 1.04 bits per heavy atom. The zero-order valence-electron chi connectivity index (χ0n) is 15.5. The molecule has 0 aliphatic carbocycles. The highest BCUT2D eigenvalue weighted by molar-refractivity contribution is 8.00. The number of hydrogen-bond acceptors (Lipinski definition) is 6. The first-order chi connectivity index (χ1) is 13.0. The van der Waals surface area contributed by atoms with Gasteiger partial charge in [-0.1, -0.05) is 55.9 Å². The maximum Gasteiger partial charge on any atom is 0.277 e. The van der Waals surface area contributed by atoms with Crippen molar-refractivity contribution in [1.82, 2.24) is 20.5 Å². The normalized spacial score (nSPS) is 13.3. The molecular weight excluding hydrogens is 360 g/mol. The maximum atomic E-state index is 12.8. The Hall–Kier alpha value is -2.67. The predicted molar refractivity (Wildman–Crippen MR) is 105 cm³/mol. The summed E-state index contributed by atoms with van der Waals surface area (Å²) in [5, 5.41) is 11.3. The van der Waals surface area contributed by atoms with Gasteiger partial charge in [0.25, 0.3) is 5.22 Å². The molecule has 3 rings (SSSR count). The lowest BCUT2D eigenvalue weighted by Crippen LogP contribution is -2.37. The number of nitrogens with zero attached hydrogens (tertiary/aromatic N) is 3. The van der Waals surface area contributed by atoms with Gasteiger partial charge in [0, 0.05) is 18.0 Å². The molecular formula is C20H22N4O2S. The average molecular weight is 382 g/mol. The molecule has 0 saturated heterocycles. The summed E-state index contributed by atoms with van der Waals surface area (Å²) in [6.07, 6.45) is 3.34. The predicted octanol–water partition coefficient (Wildman–Crippen LogP) is 4.13. The Bertz CT molecular complexity index is 868. The van der Waals surface area contributed by atoms with Crippen LogP contribution >= 0.6 is 11.8 Å². The molecule has 0 aliphatic rings. The summed E-state index contributed by atoms with van der Waals surface area (Å²) in [6.45, 7) is 5.98. The fourth-order valence-electron chi connectivity index (χ4n) is 2.59. The molecule has 1 aromatic carbocycles. The number of amides is 1. The average Bonchev–Trinajstić information content (AvgIpc) is 3.16. The Kier molecular flexibility index (Phi) is 6.24. The quantitative estimate of drug-likeness (QED) is 0.619. The van der Waals surface area contributed by atoms with Crippen LogP contribution in [0.4, 0.5) is 0 Å². The number of hydrogen-bond donors (Lipinski definition) is 1. The van der Waals surface area contributed by atoms with Gasteiger partial charge in [0.2, 0.25) is 11.8 Å². The summed E-state index contributed by atoms with van der Waals surface area (Å²) >= 11 is 1.29. The van der Waals surface area contributed by atoms with E-state index < -0.39 is 0 Å². The highest BCUT2D eigenvalue weighted by Crippen LogP contribution is 2.30. The molecule has 1 amide bonds. The van der Waals surface area contributed by atoms with E-state index in [1.807, 2.05) is 51.1 Å². The van der Waals surface area contributed by atoms with Crippen LogP contribution in [0.25, 0.3) is 11.5 Å². The zero-order valence-corrected chi connectivity index (χ0v) is 16.3. The van der Waals surface area contributed by atoms with E-state index in [0.717, 1.165) is 11.1 Å². The molecule has 140 valence electrons. The molecule has 2 unspecified atom stereocenters. The van der Waals surface area contributed by atoms with Crippen molar-refractivity contribution in [3.63, 3.8) is 0 Å². The van der Waals surface area contributed by atoms with Crippen molar-refractivity contribution >= 4 is 17.7 Å². The number of rotatable bonds is 7. The van der Waals surface area contributed by atoms with Crippen LogP contribution in [0.1, 0.15) is 32.4 Å². The van der Waals surface area contributed by atoms with E-state index in [9.17, 15) is 4.79 Å². The Morgan fingerprint density at radius 2 is 1.74 bits per heavy atom. The number of benzene rings is 1. The van der Waals surface area contributed by atoms with Crippen molar-refractivity contribution in [1.29, 1.82) is 0 Å². The second-order valence-corrected chi connectivity index (χ2v) is 7.63. The number of nitrogens with one attached hydrogen (secondary N) is 1. The number of pyridine rings is 1. The highest BCUT2D eigenvalue weighted by atomic mass is 32.2. The van der Waals surface area contributed by atoms with Crippen LogP contribution in [-0.4, -0.2) is 26.3 Å². The van der Waals surface area contributed by atoms with Gasteiger partial charge in [-0.3, -0.25) is 9.78 Å². The topological polar surface area (TPSA) is 80.9 Å². The maximum absolute atomic E-state index is 12.8. The monoisotopic (exact) mass is 382 g/mol. The van der Waals surface area contributed by atoms with E-state index in [4.69, 9.17) is 4.42 Å². The third-order valence-electron chi connectivity index (χ3n) is 4.08.